The molecule has 0 radical (unpaired) electrons. The maximum absolute atomic E-state index is 8.88. The van der Waals surface area contributed by atoms with E-state index in [2.05, 4.69) is 30.4 Å². The van der Waals surface area contributed by atoms with Crippen molar-refractivity contribution in [2.45, 2.75) is 39.2 Å². The third-order valence-electron chi connectivity index (χ3n) is 2.74. The lowest BCUT2D eigenvalue weighted by molar-refractivity contribution is 0.298. The summed E-state index contributed by atoms with van der Waals surface area (Å²) in [6.45, 7) is 5.55. The second kappa shape index (κ2) is 8.54. The molecule has 0 aromatic heterocycles. The van der Waals surface area contributed by atoms with Crippen molar-refractivity contribution in [2.24, 2.45) is 0 Å². The highest BCUT2D eigenvalue weighted by Crippen LogP contribution is 2.13. The molecule has 3 heteroatoms. The van der Waals surface area contributed by atoms with Crippen LogP contribution in [-0.2, 0) is 6.42 Å². The molecule has 1 aromatic rings. The van der Waals surface area contributed by atoms with Gasteiger partial charge in [-0.05, 0) is 30.7 Å². The van der Waals surface area contributed by atoms with E-state index in [4.69, 9.17) is 10.00 Å². The Hall–Kier alpha value is -1.53. The number of hydrogen-bond acceptors (Lipinski definition) is 3. The van der Waals surface area contributed by atoms with Gasteiger partial charge in [-0.2, -0.15) is 5.26 Å². The second-order valence-electron chi connectivity index (χ2n) is 4.27. The van der Waals surface area contributed by atoms with Crippen molar-refractivity contribution in [3.05, 3.63) is 29.8 Å². The molecule has 0 saturated heterocycles. The van der Waals surface area contributed by atoms with Crippen LogP contribution in [0.15, 0.2) is 24.3 Å². The van der Waals surface area contributed by atoms with Gasteiger partial charge in [0, 0.05) is 6.42 Å². The molecule has 0 fully saturated rings. The third kappa shape index (κ3) is 5.20. The average molecular weight is 246 g/mol. The lowest BCUT2D eigenvalue weighted by atomic mass is 10.1. The summed E-state index contributed by atoms with van der Waals surface area (Å²) in [5.41, 5.74) is 1.34. The van der Waals surface area contributed by atoms with E-state index in [9.17, 15) is 0 Å². The topological polar surface area (TPSA) is 45.0 Å². The first kappa shape index (κ1) is 14.5. The van der Waals surface area contributed by atoms with Gasteiger partial charge in [-0.15, -0.1) is 0 Å². The van der Waals surface area contributed by atoms with Crippen molar-refractivity contribution in [2.75, 3.05) is 13.2 Å². The van der Waals surface area contributed by atoms with Crippen LogP contribution in [0.2, 0.25) is 0 Å². The highest BCUT2D eigenvalue weighted by Gasteiger charge is 2.05. The van der Waals surface area contributed by atoms with E-state index in [0.717, 1.165) is 25.1 Å². The van der Waals surface area contributed by atoms with Gasteiger partial charge < -0.3 is 10.1 Å². The lowest BCUT2D eigenvalue weighted by Gasteiger charge is -2.11. The molecule has 1 rings (SSSR count). The van der Waals surface area contributed by atoms with Gasteiger partial charge in [0.25, 0.3) is 0 Å². The fraction of sp³-hybridized carbons (Fsp3) is 0.533. The summed E-state index contributed by atoms with van der Waals surface area (Å²) >= 11 is 0. The molecule has 0 aliphatic heterocycles. The molecule has 1 atom stereocenters. The summed E-state index contributed by atoms with van der Waals surface area (Å²) in [7, 11) is 0. The number of nitriles is 1. The summed E-state index contributed by atoms with van der Waals surface area (Å²) in [4.78, 5) is 0. The predicted molar refractivity (Wildman–Crippen MR) is 73.6 cm³/mol. The van der Waals surface area contributed by atoms with Gasteiger partial charge >= 0.3 is 0 Å². The minimum Gasteiger partial charge on any atom is -0.493 e. The highest BCUT2D eigenvalue weighted by atomic mass is 16.5. The molecule has 0 bridgehead atoms. The van der Waals surface area contributed by atoms with Gasteiger partial charge in [0.2, 0.25) is 0 Å². The minimum absolute atomic E-state index is 0.116. The Morgan fingerprint density at radius 2 is 2.00 bits per heavy atom. The number of rotatable bonds is 8. The Morgan fingerprint density at radius 3 is 2.56 bits per heavy atom. The summed E-state index contributed by atoms with van der Waals surface area (Å²) in [5.74, 6) is 0.878. The fourth-order valence-corrected chi connectivity index (χ4v) is 1.79. The average Bonchev–Trinajstić information content (AvgIpc) is 2.40. The van der Waals surface area contributed by atoms with Gasteiger partial charge in [0.15, 0.2) is 0 Å². The summed E-state index contributed by atoms with van der Waals surface area (Å²) in [6, 6.07) is 10.3. The van der Waals surface area contributed by atoms with E-state index in [0.29, 0.717) is 13.0 Å². The molecular formula is C15H22N2O. The van der Waals surface area contributed by atoms with Crippen molar-refractivity contribution in [1.82, 2.24) is 5.32 Å². The molecule has 0 amide bonds. The quantitative estimate of drug-likeness (QED) is 0.767. The number of benzene rings is 1. The van der Waals surface area contributed by atoms with Crippen molar-refractivity contribution in [1.29, 1.82) is 5.26 Å². The van der Waals surface area contributed by atoms with Crippen molar-refractivity contribution < 1.29 is 4.74 Å². The van der Waals surface area contributed by atoms with E-state index in [1.165, 1.54) is 5.56 Å². The number of aryl methyl sites for hydroxylation is 1. The first-order valence-electron chi connectivity index (χ1n) is 6.64. The normalized spacial score (nSPS) is 11.8. The first-order valence-corrected chi connectivity index (χ1v) is 6.64. The Balaban J connectivity index is 2.33. The first-order chi connectivity index (χ1) is 8.80. The van der Waals surface area contributed by atoms with Gasteiger partial charge in [0.1, 0.15) is 5.75 Å². The molecule has 98 valence electrons. The highest BCUT2D eigenvalue weighted by molar-refractivity contribution is 5.27. The van der Waals surface area contributed by atoms with E-state index in [-0.39, 0.29) is 6.04 Å². The Kier molecular flexibility index (Phi) is 6.90. The maximum atomic E-state index is 8.88. The SMILES string of the molecule is CCCc1ccc(OCCC(C#N)NCC)cc1. The van der Waals surface area contributed by atoms with Gasteiger partial charge in [-0.3, -0.25) is 0 Å². The van der Waals surface area contributed by atoms with Crippen LogP contribution in [0.25, 0.3) is 0 Å². The maximum Gasteiger partial charge on any atom is 0.119 e. The van der Waals surface area contributed by atoms with E-state index in [1.54, 1.807) is 0 Å². The van der Waals surface area contributed by atoms with Crippen LogP contribution < -0.4 is 10.1 Å². The fourth-order valence-electron chi connectivity index (χ4n) is 1.79. The van der Waals surface area contributed by atoms with Gasteiger partial charge in [-0.25, -0.2) is 0 Å². The zero-order valence-corrected chi connectivity index (χ0v) is 11.3. The molecule has 0 heterocycles. The molecular weight excluding hydrogens is 224 g/mol. The molecule has 18 heavy (non-hydrogen) atoms. The monoisotopic (exact) mass is 246 g/mol. The van der Waals surface area contributed by atoms with Crippen LogP contribution in [0, 0.1) is 11.3 Å². The third-order valence-corrected chi connectivity index (χ3v) is 2.74. The van der Waals surface area contributed by atoms with Crippen LogP contribution >= 0.6 is 0 Å². The number of nitrogens with one attached hydrogen (secondary N) is 1. The van der Waals surface area contributed by atoms with E-state index >= 15 is 0 Å². The largest absolute Gasteiger partial charge is 0.493 e. The van der Waals surface area contributed by atoms with E-state index < -0.39 is 0 Å². The van der Waals surface area contributed by atoms with Crippen LogP contribution in [0.4, 0.5) is 0 Å². The molecule has 3 nitrogen and oxygen atoms in total. The van der Waals surface area contributed by atoms with Gasteiger partial charge in [0.05, 0.1) is 18.7 Å². The van der Waals surface area contributed by atoms with Crippen LogP contribution in [-0.4, -0.2) is 19.2 Å². The molecule has 0 saturated carbocycles. The molecule has 1 unspecified atom stereocenters. The standard InChI is InChI=1S/C15H22N2O/c1-3-5-13-6-8-15(9-7-13)18-11-10-14(12-16)17-4-2/h6-9,14,17H,3-5,10-11H2,1-2H3. The Labute approximate surface area is 110 Å². The minimum atomic E-state index is -0.116. The van der Waals surface area contributed by atoms with Crippen LogP contribution in [0.5, 0.6) is 5.75 Å². The van der Waals surface area contributed by atoms with E-state index in [1.807, 2.05) is 19.1 Å². The predicted octanol–water partition coefficient (Wildman–Crippen LogP) is 2.91. The summed E-state index contributed by atoms with van der Waals surface area (Å²) in [6.07, 6.45) is 2.98. The van der Waals surface area contributed by atoms with Crippen LogP contribution in [0.1, 0.15) is 32.3 Å². The second-order valence-corrected chi connectivity index (χ2v) is 4.27. The number of ether oxygens (including phenoxy) is 1. The Bertz CT molecular complexity index is 367. The molecule has 0 aliphatic rings. The zero-order chi connectivity index (χ0) is 13.2. The van der Waals surface area contributed by atoms with Crippen molar-refractivity contribution >= 4 is 0 Å². The Morgan fingerprint density at radius 1 is 1.28 bits per heavy atom. The lowest BCUT2D eigenvalue weighted by Crippen LogP contribution is -2.28. The molecule has 0 spiro atoms. The molecule has 1 aromatic carbocycles. The van der Waals surface area contributed by atoms with Crippen molar-refractivity contribution in [3.8, 4) is 11.8 Å². The van der Waals surface area contributed by atoms with Crippen molar-refractivity contribution in [3.63, 3.8) is 0 Å². The van der Waals surface area contributed by atoms with Gasteiger partial charge in [-0.1, -0.05) is 32.4 Å². The number of hydrogen-bond donors (Lipinski definition) is 1. The number of nitrogens with zero attached hydrogens (tertiary/aromatic N) is 1. The summed E-state index contributed by atoms with van der Waals surface area (Å²) < 4.78 is 5.63. The molecule has 0 aliphatic carbocycles. The summed E-state index contributed by atoms with van der Waals surface area (Å²) in [5, 5.41) is 12.0. The van der Waals surface area contributed by atoms with Crippen LogP contribution in [0.3, 0.4) is 0 Å². The zero-order valence-electron chi connectivity index (χ0n) is 11.3. The molecule has 1 N–H and O–H groups in total. The smallest absolute Gasteiger partial charge is 0.119 e.